The summed E-state index contributed by atoms with van der Waals surface area (Å²) in [5.41, 5.74) is 8.73. The first-order valence-corrected chi connectivity index (χ1v) is 20.8. The maximum absolute atomic E-state index is 2.97. The van der Waals surface area contributed by atoms with Crippen molar-refractivity contribution in [3.05, 3.63) is 201 Å². The molecular weight excluding hydrogens is 727 g/mol. The molecule has 50 heavy (non-hydrogen) atoms. The molecule has 0 aliphatic heterocycles. The van der Waals surface area contributed by atoms with Crippen molar-refractivity contribution in [3.63, 3.8) is 0 Å². The topological polar surface area (TPSA) is 0 Å². The third-order valence-corrected chi connectivity index (χ3v) is 18.7. The fourth-order valence-corrected chi connectivity index (χ4v) is 17.9. The number of benzene rings is 8. The first-order chi connectivity index (χ1) is 23.9. The molecule has 8 aromatic rings. The van der Waals surface area contributed by atoms with Gasteiger partial charge in [0.15, 0.2) is 0 Å². The third kappa shape index (κ3) is 5.02. The predicted molar refractivity (Wildman–Crippen MR) is 202 cm³/mol. The Kier molecular flexibility index (Phi) is 8.78. The van der Waals surface area contributed by atoms with Crippen molar-refractivity contribution in [3.8, 4) is 11.1 Å². The first-order valence-electron chi connectivity index (χ1n) is 17.0. The van der Waals surface area contributed by atoms with Gasteiger partial charge in [0.2, 0.25) is 0 Å². The van der Waals surface area contributed by atoms with Crippen LogP contribution in [0.3, 0.4) is 0 Å². The van der Waals surface area contributed by atoms with Crippen LogP contribution in [0.15, 0.2) is 179 Å². The van der Waals surface area contributed by atoms with E-state index < -0.39 is 21.3 Å². The SMILES string of the molecule is C1=CC[C]([Zr+2](=[C](c2cccc3ccccc23)c2cccc3ccccc23)[CH]2c3ccccc3-c3c2c2ccccc2c2ccccc32)=C1.[Cl-].[Cl-]. The van der Waals surface area contributed by atoms with Gasteiger partial charge in [-0.25, -0.2) is 0 Å². The molecule has 0 nitrogen and oxygen atoms in total. The van der Waals surface area contributed by atoms with E-state index in [1.54, 1.807) is 12.1 Å². The summed E-state index contributed by atoms with van der Waals surface area (Å²) in [7, 11) is 0. The van der Waals surface area contributed by atoms with Crippen LogP contribution >= 0.6 is 0 Å². The molecule has 238 valence electrons. The molecule has 0 aromatic heterocycles. The monoisotopic (exact) mass is 756 g/mol. The van der Waals surface area contributed by atoms with E-state index in [9.17, 15) is 0 Å². The van der Waals surface area contributed by atoms with Crippen molar-refractivity contribution < 1.29 is 46.1 Å². The molecule has 0 saturated heterocycles. The number of rotatable bonds is 4. The van der Waals surface area contributed by atoms with Crippen molar-refractivity contribution >= 4 is 46.3 Å². The Morgan fingerprint density at radius 3 is 1.60 bits per heavy atom. The summed E-state index contributed by atoms with van der Waals surface area (Å²) in [6.07, 6.45) is 8.24. The summed E-state index contributed by atoms with van der Waals surface area (Å²) in [5.74, 6) is 0. The third-order valence-electron chi connectivity index (χ3n) is 10.6. The largest absolute Gasteiger partial charge is 1.00 e. The Labute approximate surface area is 312 Å². The van der Waals surface area contributed by atoms with Gasteiger partial charge in [0, 0.05) is 0 Å². The van der Waals surface area contributed by atoms with Crippen molar-refractivity contribution in [2.24, 2.45) is 0 Å². The summed E-state index contributed by atoms with van der Waals surface area (Å²) in [5, 5.41) is 10.8. The second kappa shape index (κ2) is 13.4. The number of hydrogen-bond donors (Lipinski definition) is 0. The maximum atomic E-state index is 2.49. The van der Waals surface area contributed by atoms with E-state index >= 15 is 0 Å². The Balaban J connectivity index is 0.00000180. The molecular formula is C47H32Cl2Zr. The first kappa shape index (κ1) is 32.8. The molecule has 10 rings (SSSR count). The molecule has 0 N–H and O–H groups in total. The minimum atomic E-state index is -2.97. The molecule has 3 heteroatoms. The van der Waals surface area contributed by atoms with Crippen molar-refractivity contribution in [2.75, 3.05) is 0 Å². The van der Waals surface area contributed by atoms with Crippen molar-refractivity contribution in [2.45, 2.75) is 10.0 Å². The normalized spacial score (nSPS) is 14.1. The van der Waals surface area contributed by atoms with Crippen LogP contribution in [0.1, 0.15) is 32.3 Å². The second-order valence-electron chi connectivity index (χ2n) is 13.1. The Hall–Kier alpha value is -4.39. The molecule has 0 spiro atoms. The fourth-order valence-electron chi connectivity index (χ4n) is 8.65. The van der Waals surface area contributed by atoms with E-state index in [1.807, 2.05) is 0 Å². The number of allylic oxidation sites excluding steroid dienone is 4. The Bertz CT molecular complexity index is 2620. The second-order valence-corrected chi connectivity index (χ2v) is 19.3. The van der Waals surface area contributed by atoms with E-state index in [4.69, 9.17) is 0 Å². The fraction of sp³-hybridized carbons (Fsp3) is 0.0426. The maximum Gasteiger partial charge on any atom is -1.00 e. The van der Waals surface area contributed by atoms with Gasteiger partial charge in [-0.2, -0.15) is 0 Å². The summed E-state index contributed by atoms with van der Waals surface area (Å²) >= 11 is -2.97. The van der Waals surface area contributed by atoms with E-state index in [0.717, 1.165) is 6.42 Å². The molecule has 2 aliphatic carbocycles. The van der Waals surface area contributed by atoms with E-state index in [-0.39, 0.29) is 24.8 Å². The van der Waals surface area contributed by atoms with Gasteiger partial charge >= 0.3 is 290 Å². The molecule has 0 heterocycles. The van der Waals surface area contributed by atoms with Crippen molar-refractivity contribution in [1.82, 2.24) is 0 Å². The molecule has 0 amide bonds. The average molecular weight is 759 g/mol. The smallest absolute Gasteiger partial charge is 1.00 e. The van der Waals surface area contributed by atoms with Gasteiger partial charge in [0.1, 0.15) is 0 Å². The molecule has 8 aromatic carbocycles. The Morgan fingerprint density at radius 2 is 0.980 bits per heavy atom. The predicted octanol–water partition coefficient (Wildman–Crippen LogP) is 6.11. The van der Waals surface area contributed by atoms with E-state index in [0.29, 0.717) is 3.63 Å². The standard InChI is InChI=1S/C21H13.C21H14.C5H5.2ClH.Zr/c1-2-8-15-14(7-1)13-20-18-11-4-3-9-16(18)17-10-5-6-12-19(17)21(15)20;1-3-13-20-16(7-1)9-5-11-18(20)15-19-12-6-10-17-8-2-4-14-21(17)19;1-2-4-5-3-1;;;/h1-13H;1-14H;1-3H,4H2;2*1H;/q;;;;;+2/p-2. The molecule has 1 unspecified atom stereocenters. The van der Waals surface area contributed by atoms with E-state index in [1.165, 1.54) is 70.9 Å². The molecule has 0 bridgehead atoms. The summed E-state index contributed by atoms with van der Waals surface area (Å²) in [6, 6.07) is 59.7. The summed E-state index contributed by atoms with van der Waals surface area (Å²) < 4.78 is 3.59. The van der Waals surface area contributed by atoms with Gasteiger partial charge in [0.25, 0.3) is 0 Å². The molecule has 2 aliphatic rings. The van der Waals surface area contributed by atoms with Gasteiger partial charge in [-0.05, 0) is 0 Å². The number of fused-ring (bicyclic) bond motifs is 10. The van der Waals surface area contributed by atoms with Crippen LogP contribution in [0.2, 0.25) is 0 Å². The van der Waals surface area contributed by atoms with Gasteiger partial charge in [-0.1, -0.05) is 0 Å². The zero-order chi connectivity index (χ0) is 31.6. The van der Waals surface area contributed by atoms with Gasteiger partial charge in [0.05, 0.1) is 0 Å². The van der Waals surface area contributed by atoms with Crippen LogP contribution in [0.5, 0.6) is 0 Å². The van der Waals surface area contributed by atoms with Crippen LogP contribution < -0.4 is 24.8 Å². The van der Waals surface area contributed by atoms with Crippen LogP contribution in [-0.2, 0) is 21.3 Å². The summed E-state index contributed by atoms with van der Waals surface area (Å²) in [6.45, 7) is 0. The minimum absolute atomic E-state index is 0. The zero-order valence-electron chi connectivity index (χ0n) is 27.3. The number of hydrogen-bond acceptors (Lipinski definition) is 0. The summed E-state index contributed by atoms with van der Waals surface area (Å²) in [4.78, 5) is 0. The van der Waals surface area contributed by atoms with Gasteiger partial charge in [-0.3, -0.25) is 0 Å². The van der Waals surface area contributed by atoms with Gasteiger partial charge < -0.3 is 24.8 Å². The van der Waals surface area contributed by atoms with Crippen LogP contribution in [0, 0.1) is 0 Å². The van der Waals surface area contributed by atoms with Crippen LogP contribution in [-0.4, -0.2) is 3.21 Å². The van der Waals surface area contributed by atoms with Gasteiger partial charge in [-0.15, -0.1) is 0 Å². The molecule has 0 saturated carbocycles. The molecule has 0 fully saturated rings. The molecule has 0 radical (unpaired) electrons. The Morgan fingerprint density at radius 1 is 0.480 bits per heavy atom. The van der Waals surface area contributed by atoms with Crippen LogP contribution in [0.25, 0.3) is 54.2 Å². The zero-order valence-corrected chi connectivity index (χ0v) is 31.3. The van der Waals surface area contributed by atoms with Crippen molar-refractivity contribution in [1.29, 1.82) is 0 Å². The average Bonchev–Trinajstić information content (AvgIpc) is 3.81. The molecule has 1 atom stereocenters. The minimum Gasteiger partial charge on any atom is -1.00 e. The quantitative estimate of drug-likeness (QED) is 0.190. The van der Waals surface area contributed by atoms with E-state index in [2.05, 4.69) is 176 Å². The van der Waals surface area contributed by atoms with Crippen LogP contribution in [0.4, 0.5) is 0 Å². The number of halogens is 2.